The predicted molar refractivity (Wildman–Crippen MR) is 64.6 cm³/mol. The highest BCUT2D eigenvalue weighted by molar-refractivity contribution is 5.65. The Hall–Kier alpha value is -2.49. The molecule has 0 aliphatic carbocycles. The quantitative estimate of drug-likeness (QED) is 0.668. The number of benzene rings is 1. The molecule has 0 atom stereocenters. The molecule has 0 saturated carbocycles. The molecule has 4 nitrogen and oxygen atoms in total. The zero-order chi connectivity index (χ0) is 11.5. The molecule has 0 radical (unpaired) electrons. The lowest BCUT2D eigenvalue weighted by atomic mass is 10.1. The van der Waals surface area contributed by atoms with Crippen molar-refractivity contribution in [3.8, 4) is 16.8 Å². The molecule has 0 bridgehead atoms. The molecule has 4 heteroatoms. The third-order valence-electron chi connectivity index (χ3n) is 2.55. The number of pyridine rings is 1. The smallest absolute Gasteiger partial charge is 0.0697 e. The lowest BCUT2D eigenvalue weighted by Gasteiger charge is -2.04. The summed E-state index contributed by atoms with van der Waals surface area (Å²) in [5.74, 6) is 0. The fraction of sp³-hybridized carbons (Fsp3) is 0. The van der Waals surface area contributed by atoms with E-state index in [4.69, 9.17) is 0 Å². The normalized spacial score (nSPS) is 10.4. The summed E-state index contributed by atoms with van der Waals surface area (Å²) in [7, 11) is 0. The van der Waals surface area contributed by atoms with E-state index >= 15 is 0 Å². The Morgan fingerprint density at radius 1 is 0.882 bits per heavy atom. The highest BCUT2D eigenvalue weighted by Crippen LogP contribution is 2.20. The molecule has 0 N–H and O–H groups in total. The average molecular weight is 222 g/mol. The fourth-order valence-electron chi connectivity index (χ4n) is 1.72. The van der Waals surface area contributed by atoms with Crippen LogP contribution in [0, 0.1) is 0 Å². The first kappa shape index (κ1) is 9.72. The van der Waals surface area contributed by atoms with Crippen molar-refractivity contribution < 1.29 is 0 Å². The second-order valence-electron chi connectivity index (χ2n) is 3.63. The van der Waals surface area contributed by atoms with Gasteiger partial charge in [0.1, 0.15) is 0 Å². The lowest BCUT2D eigenvalue weighted by Crippen LogP contribution is -1.94. The summed E-state index contributed by atoms with van der Waals surface area (Å²) in [5, 5.41) is 7.78. The minimum absolute atomic E-state index is 0.997. The first-order valence-electron chi connectivity index (χ1n) is 5.31. The Kier molecular flexibility index (Phi) is 2.38. The maximum Gasteiger partial charge on any atom is 0.0697 e. The van der Waals surface area contributed by atoms with Crippen molar-refractivity contribution in [3.63, 3.8) is 0 Å². The first-order valence-corrected chi connectivity index (χ1v) is 5.31. The molecule has 3 aromatic rings. The van der Waals surface area contributed by atoms with Crippen LogP contribution >= 0.6 is 0 Å². The van der Waals surface area contributed by atoms with Crippen LogP contribution in [0.2, 0.25) is 0 Å². The van der Waals surface area contributed by atoms with Gasteiger partial charge in [0.15, 0.2) is 0 Å². The minimum Gasteiger partial charge on any atom is -0.265 e. The van der Waals surface area contributed by atoms with E-state index in [9.17, 15) is 0 Å². The van der Waals surface area contributed by atoms with Gasteiger partial charge in [-0.1, -0.05) is 17.3 Å². The van der Waals surface area contributed by atoms with Gasteiger partial charge in [0.2, 0.25) is 0 Å². The van der Waals surface area contributed by atoms with E-state index in [1.807, 2.05) is 30.5 Å². The molecule has 3 rings (SSSR count). The molecule has 0 spiro atoms. The van der Waals surface area contributed by atoms with Gasteiger partial charge in [0.25, 0.3) is 0 Å². The monoisotopic (exact) mass is 222 g/mol. The Morgan fingerprint density at radius 3 is 2.53 bits per heavy atom. The summed E-state index contributed by atoms with van der Waals surface area (Å²) in [6, 6.07) is 12.1. The summed E-state index contributed by atoms with van der Waals surface area (Å²) in [4.78, 5) is 4.02. The van der Waals surface area contributed by atoms with Crippen molar-refractivity contribution in [2.75, 3.05) is 0 Å². The van der Waals surface area contributed by atoms with Crippen LogP contribution in [0.4, 0.5) is 0 Å². The standard InChI is InChI=1S/C13H10N4/c1-2-12(11-4-6-14-7-5-11)10-13(3-1)17-9-8-15-16-17/h1-10H. The molecule has 82 valence electrons. The third-order valence-corrected chi connectivity index (χ3v) is 2.55. The Bertz CT molecular complexity index is 602. The molecule has 17 heavy (non-hydrogen) atoms. The lowest BCUT2D eigenvalue weighted by molar-refractivity contribution is 0.803. The van der Waals surface area contributed by atoms with Gasteiger partial charge in [0, 0.05) is 12.4 Å². The van der Waals surface area contributed by atoms with Gasteiger partial charge < -0.3 is 0 Å². The Balaban J connectivity index is 2.06. The van der Waals surface area contributed by atoms with Crippen LogP contribution in [0.3, 0.4) is 0 Å². The molecule has 2 aromatic heterocycles. The van der Waals surface area contributed by atoms with E-state index in [2.05, 4.69) is 27.4 Å². The Morgan fingerprint density at radius 2 is 1.76 bits per heavy atom. The average Bonchev–Trinajstić information content (AvgIpc) is 2.94. The van der Waals surface area contributed by atoms with Gasteiger partial charge in [-0.3, -0.25) is 4.98 Å². The van der Waals surface area contributed by atoms with E-state index in [0.29, 0.717) is 0 Å². The van der Waals surface area contributed by atoms with Gasteiger partial charge in [-0.25, -0.2) is 4.68 Å². The van der Waals surface area contributed by atoms with Crippen molar-refractivity contribution in [2.24, 2.45) is 0 Å². The molecule has 1 aromatic carbocycles. The Labute approximate surface area is 98.6 Å². The van der Waals surface area contributed by atoms with Gasteiger partial charge in [-0.2, -0.15) is 0 Å². The molecule has 0 aliphatic rings. The van der Waals surface area contributed by atoms with Crippen molar-refractivity contribution in [2.45, 2.75) is 0 Å². The minimum atomic E-state index is 0.997. The number of aromatic nitrogens is 4. The van der Waals surface area contributed by atoms with Crippen LogP contribution in [0.25, 0.3) is 16.8 Å². The SMILES string of the molecule is c1cc(-c2ccncc2)cc(-n2ccnn2)c1. The van der Waals surface area contributed by atoms with Crippen LogP contribution in [0.1, 0.15) is 0 Å². The van der Waals surface area contributed by atoms with Crippen molar-refractivity contribution >= 4 is 0 Å². The second kappa shape index (κ2) is 4.17. The summed E-state index contributed by atoms with van der Waals surface area (Å²) >= 11 is 0. The van der Waals surface area contributed by atoms with Crippen molar-refractivity contribution in [3.05, 3.63) is 61.2 Å². The molecule has 0 unspecified atom stereocenters. The molecule has 0 fully saturated rings. The van der Waals surface area contributed by atoms with E-state index in [1.165, 1.54) is 0 Å². The van der Waals surface area contributed by atoms with E-state index in [0.717, 1.165) is 16.8 Å². The highest BCUT2D eigenvalue weighted by atomic mass is 15.4. The number of nitrogens with zero attached hydrogens (tertiary/aromatic N) is 4. The fourth-order valence-corrected chi connectivity index (χ4v) is 1.72. The molecular weight excluding hydrogens is 212 g/mol. The molecule has 2 heterocycles. The van der Waals surface area contributed by atoms with Crippen LogP contribution < -0.4 is 0 Å². The van der Waals surface area contributed by atoms with E-state index in [-0.39, 0.29) is 0 Å². The molecular formula is C13H10N4. The van der Waals surface area contributed by atoms with Gasteiger partial charge in [-0.15, -0.1) is 5.10 Å². The molecule has 0 aliphatic heterocycles. The maximum absolute atomic E-state index is 4.02. The zero-order valence-electron chi connectivity index (χ0n) is 9.06. The predicted octanol–water partition coefficient (Wildman–Crippen LogP) is 2.33. The molecule has 0 saturated heterocycles. The first-order chi connectivity index (χ1) is 8.43. The number of hydrogen-bond donors (Lipinski definition) is 0. The summed E-state index contributed by atoms with van der Waals surface area (Å²) in [5.41, 5.74) is 3.28. The summed E-state index contributed by atoms with van der Waals surface area (Å²) in [6.07, 6.45) is 7.07. The largest absolute Gasteiger partial charge is 0.265 e. The van der Waals surface area contributed by atoms with E-state index in [1.54, 1.807) is 23.3 Å². The second-order valence-corrected chi connectivity index (χ2v) is 3.63. The van der Waals surface area contributed by atoms with Gasteiger partial charge in [-0.05, 0) is 35.4 Å². The van der Waals surface area contributed by atoms with Crippen LogP contribution in [-0.2, 0) is 0 Å². The van der Waals surface area contributed by atoms with Crippen LogP contribution in [0.5, 0.6) is 0 Å². The van der Waals surface area contributed by atoms with Crippen LogP contribution in [0.15, 0.2) is 61.2 Å². The number of rotatable bonds is 2. The topological polar surface area (TPSA) is 43.6 Å². The van der Waals surface area contributed by atoms with Crippen LogP contribution in [-0.4, -0.2) is 20.0 Å². The molecule has 0 amide bonds. The third kappa shape index (κ3) is 1.92. The van der Waals surface area contributed by atoms with E-state index < -0.39 is 0 Å². The van der Waals surface area contributed by atoms with Gasteiger partial charge >= 0.3 is 0 Å². The van der Waals surface area contributed by atoms with Crippen molar-refractivity contribution in [1.29, 1.82) is 0 Å². The number of hydrogen-bond acceptors (Lipinski definition) is 3. The summed E-state index contributed by atoms with van der Waals surface area (Å²) < 4.78 is 1.74. The summed E-state index contributed by atoms with van der Waals surface area (Å²) in [6.45, 7) is 0. The zero-order valence-corrected chi connectivity index (χ0v) is 9.06. The van der Waals surface area contributed by atoms with Gasteiger partial charge in [0.05, 0.1) is 18.1 Å². The van der Waals surface area contributed by atoms with Crippen molar-refractivity contribution in [1.82, 2.24) is 20.0 Å². The maximum atomic E-state index is 4.02. The highest BCUT2D eigenvalue weighted by Gasteiger charge is 2.00.